The quantitative estimate of drug-likeness (QED) is 0.0911. The van der Waals surface area contributed by atoms with Gasteiger partial charge in [-0.1, -0.05) is 125 Å². The van der Waals surface area contributed by atoms with E-state index in [4.69, 9.17) is 0 Å². The van der Waals surface area contributed by atoms with Crippen LogP contribution in [-0.2, 0) is 4.79 Å². The minimum Gasteiger partial charge on any atom is -0.326 e. The maximum Gasteiger partial charge on any atom is 0.224 e. The molecule has 0 aliphatic rings. The van der Waals surface area contributed by atoms with Crippen molar-refractivity contribution in [3.8, 4) is 0 Å². The molecule has 200 valence electrons. The van der Waals surface area contributed by atoms with Crippen molar-refractivity contribution in [1.82, 2.24) is 0 Å². The summed E-state index contributed by atoms with van der Waals surface area (Å²) in [7, 11) is 0. The number of allylic oxidation sites excluding steroid dienone is 2. The summed E-state index contributed by atoms with van der Waals surface area (Å²) < 4.78 is 0. The maximum atomic E-state index is 12.5. The van der Waals surface area contributed by atoms with Gasteiger partial charge < -0.3 is 5.32 Å². The van der Waals surface area contributed by atoms with Crippen LogP contribution in [0.5, 0.6) is 0 Å². The van der Waals surface area contributed by atoms with E-state index in [1.54, 1.807) is 0 Å². The van der Waals surface area contributed by atoms with Crippen LogP contribution in [0.3, 0.4) is 0 Å². The van der Waals surface area contributed by atoms with Crippen LogP contribution < -0.4 is 5.32 Å². The molecule has 1 N–H and O–H groups in total. The van der Waals surface area contributed by atoms with Crippen molar-refractivity contribution in [3.63, 3.8) is 0 Å². The van der Waals surface area contributed by atoms with Crippen molar-refractivity contribution < 1.29 is 4.79 Å². The van der Waals surface area contributed by atoms with E-state index in [0.717, 1.165) is 23.9 Å². The Labute approximate surface area is 229 Å². The Hall–Kier alpha value is -3.13. The predicted octanol–water partition coefficient (Wildman–Crippen LogP) is 11.1. The molecule has 0 saturated heterocycles. The van der Waals surface area contributed by atoms with Crippen LogP contribution in [0.25, 0.3) is 32.3 Å². The second-order valence-corrected chi connectivity index (χ2v) is 10.8. The number of benzene rings is 4. The molecule has 0 fully saturated rings. The Morgan fingerprint density at radius 3 is 1.92 bits per heavy atom. The molecule has 4 rings (SSSR count). The van der Waals surface area contributed by atoms with Crippen molar-refractivity contribution >= 4 is 43.9 Å². The van der Waals surface area contributed by atoms with Crippen molar-refractivity contribution in [1.29, 1.82) is 0 Å². The molecule has 0 heterocycles. The van der Waals surface area contributed by atoms with Crippen LogP contribution in [0.15, 0.2) is 78.9 Å². The largest absolute Gasteiger partial charge is 0.326 e. The lowest BCUT2D eigenvalue weighted by Crippen LogP contribution is -2.10. The molecule has 38 heavy (non-hydrogen) atoms. The number of amides is 1. The number of nitrogens with one attached hydrogen (secondary N) is 1. The van der Waals surface area contributed by atoms with E-state index < -0.39 is 0 Å². The summed E-state index contributed by atoms with van der Waals surface area (Å²) in [5.74, 6) is 0.119. The molecule has 0 aliphatic heterocycles. The highest BCUT2D eigenvalue weighted by Gasteiger charge is 2.07. The molecule has 0 saturated carbocycles. The van der Waals surface area contributed by atoms with Crippen LogP contribution in [0.2, 0.25) is 0 Å². The van der Waals surface area contributed by atoms with Gasteiger partial charge in [0.15, 0.2) is 0 Å². The Balaban J connectivity index is 1.13. The zero-order chi connectivity index (χ0) is 26.4. The number of hydrogen-bond acceptors (Lipinski definition) is 1. The zero-order valence-corrected chi connectivity index (χ0v) is 23.3. The topological polar surface area (TPSA) is 29.1 Å². The highest BCUT2D eigenvalue weighted by atomic mass is 16.1. The Morgan fingerprint density at radius 1 is 0.605 bits per heavy atom. The van der Waals surface area contributed by atoms with Gasteiger partial charge in [0.2, 0.25) is 5.91 Å². The van der Waals surface area contributed by atoms with Gasteiger partial charge in [-0.15, -0.1) is 0 Å². The van der Waals surface area contributed by atoms with E-state index in [-0.39, 0.29) is 5.91 Å². The minimum absolute atomic E-state index is 0.119. The molecule has 0 spiro atoms. The minimum atomic E-state index is 0.119. The van der Waals surface area contributed by atoms with Gasteiger partial charge in [0.1, 0.15) is 0 Å². The molecule has 1 amide bonds. The maximum absolute atomic E-state index is 12.5. The average Bonchev–Trinajstić information content (AvgIpc) is 2.94. The van der Waals surface area contributed by atoms with Gasteiger partial charge in [-0.05, 0) is 76.6 Å². The SMILES string of the molecule is CCCCCCCC/C=C\CCCCCCCC(=O)Nc1ccc2c(ccc3c4ccccc4ccc23)c1. The number of anilines is 1. The fourth-order valence-corrected chi connectivity index (χ4v) is 5.49. The molecular weight excluding hydrogens is 462 g/mol. The molecule has 2 heteroatoms. The molecule has 4 aromatic rings. The van der Waals surface area contributed by atoms with Crippen LogP contribution in [0.4, 0.5) is 5.69 Å². The van der Waals surface area contributed by atoms with E-state index in [9.17, 15) is 4.79 Å². The van der Waals surface area contributed by atoms with E-state index >= 15 is 0 Å². The summed E-state index contributed by atoms with van der Waals surface area (Å²) in [5, 5.41) is 10.6. The van der Waals surface area contributed by atoms with Crippen molar-refractivity contribution in [2.45, 2.75) is 96.8 Å². The second-order valence-electron chi connectivity index (χ2n) is 10.8. The first kappa shape index (κ1) is 27.9. The van der Waals surface area contributed by atoms with Gasteiger partial charge in [0.05, 0.1) is 0 Å². The Morgan fingerprint density at radius 2 is 1.18 bits per heavy atom. The fourth-order valence-electron chi connectivity index (χ4n) is 5.49. The molecule has 4 aromatic carbocycles. The third-order valence-corrected chi connectivity index (χ3v) is 7.69. The molecule has 0 bridgehead atoms. The molecule has 2 nitrogen and oxygen atoms in total. The first-order valence-corrected chi connectivity index (χ1v) is 15.1. The lowest BCUT2D eigenvalue weighted by atomic mass is 9.97. The number of hydrogen-bond donors (Lipinski definition) is 1. The number of fused-ring (bicyclic) bond motifs is 5. The summed E-state index contributed by atoms with van der Waals surface area (Å²) in [6, 6.07) is 23.6. The van der Waals surface area contributed by atoms with E-state index in [2.05, 4.69) is 85.1 Å². The summed E-state index contributed by atoms with van der Waals surface area (Å²) in [6.45, 7) is 2.27. The molecule has 0 aliphatic carbocycles. The summed E-state index contributed by atoms with van der Waals surface area (Å²) in [5.41, 5.74) is 0.885. The number of carbonyl (C=O) groups is 1. The second kappa shape index (κ2) is 15.3. The highest BCUT2D eigenvalue weighted by Crippen LogP contribution is 2.32. The number of unbranched alkanes of at least 4 members (excludes halogenated alkanes) is 11. The summed E-state index contributed by atoms with van der Waals surface area (Å²) >= 11 is 0. The van der Waals surface area contributed by atoms with Crippen LogP contribution in [-0.4, -0.2) is 5.91 Å². The van der Waals surface area contributed by atoms with Crippen molar-refractivity contribution in [2.24, 2.45) is 0 Å². The van der Waals surface area contributed by atoms with E-state index in [1.165, 1.54) is 97.6 Å². The lowest BCUT2D eigenvalue weighted by Gasteiger charge is -2.10. The van der Waals surface area contributed by atoms with Crippen molar-refractivity contribution in [3.05, 3.63) is 78.9 Å². The predicted molar refractivity (Wildman–Crippen MR) is 167 cm³/mol. The molecule has 0 radical (unpaired) electrons. The van der Waals surface area contributed by atoms with Crippen LogP contribution in [0.1, 0.15) is 96.8 Å². The Kier molecular flexibility index (Phi) is 11.2. The monoisotopic (exact) mass is 507 g/mol. The number of carbonyl (C=O) groups excluding carboxylic acids is 1. The lowest BCUT2D eigenvalue weighted by molar-refractivity contribution is -0.116. The zero-order valence-electron chi connectivity index (χ0n) is 23.3. The van der Waals surface area contributed by atoms with Crippen LogP contribution >= 0.6 is 0 Å². The first-order valence-electron chi connectivity index (χ1n) is 15.1. The van der Waals surface area contributed by atoms with E-state index in [1.807, 2.05) is 6.07 Å². The first-order chi connectivity index (χ1) is 18.8. The molecule has 0 atom stereocenters. The average molecular weight is 508 g/mol. The molecule has 0 unspecified atom stereocenters. The standard InChI is InChI=1S/C36H45NO/c1-2-3-4-5-6-7-8-9-10-11-12-13-14-15-16-21-36(38)37-31-24-27-33-30(28-31)23-26-34-32-20-18-17-19-29(32)22-25-35(33)34/h9-10,17-20,22-28H,2-8,11-16,21H2,1H3,(H,37,38)/b10-9-. The highest BCUT2D eigenvalue weighted by molar-refractivity contribution is 6.17. The number of rotatable bonds is 16. The van der Waals surface area contributed by atoms with Gasteiger partial charge in [-0.3, -0.25) is 4.79 Å². The Bertz CT molecular complexity index is 1340. The van der Waals surface area contributed by atoms with Gasteiger partial charge in [0.25, 0.3) is 0 Å². The van der Waals surface area contributed by atoms with Crippen molar-refractivity contribution in [2.75, 3.05) is 5.32 Å². The third-order valence-electron chi connectivity index (χ3n) is 7.69. The van der Waals surface area contributed by atoms with Gasteiger partial charge in [0, 0.05) is 12.1 Å². The van der Waals surface area contributed by atoms with Gasteiger partial charge >= 0.3 is 0 Å². The molecule has 0 aromatic heterocycles. The fraction of sp³-hybridized carbons (Fsp3) is 0.417. The summed E-state index contributed by atoms with van der Waals surface area (Å²) in [6.07, 6.45) is 21.9. The third kappa shape index (κ3) is 8.18. The summed E-state index contributed by atoms with van der Waals surface area (Å²) in [4.78, 5) is 12.5. The van der Waals surface area contributed by atoms with Crippen LogP contribution in [0, 0.1) is 0 Å². The normalized spacial score (nSPS) is 11.7. The van der Waals surface area contributed by atoms with Gasteiger partial charge in [-0.2, -0.15) is 0 Å². The smallest absolute Gasteiger partial charge is 0.224 e. The van der Waals surface area contributed by atoms with E-state index in [0.29, 0.717) is 6.42 Å². The molecular formula is C36H45NO. The van der Waals surface area contributed by atoms with Gasteiger partial charge in [-0.25, -0.2) is 0 Å².